The maximum absolute atomic E-state index is 13.8. The molecule has 0 radical (unpaired) electrons. The minimum Gasteiger partial charge on any atom is -0.481 e. The normalized spacial score (nSPS) is 19.7. The van der Waals surface area contributed by atoms with Gasteiger partial charge in [0.1, 0.15) is 0 Å². The van der Waals surface area contributed by atoms with Gasteiger partial charge in [0.25, 0.3) is 5.91 Å². The molecule has 3 amide bonds. The van der Waals surface area contributed by atoms with Crippen molar-refractivity contribution in [2.24, 2.45) is 17.3 Å². The Bertz CT molecular complexity index is 1340. The quantitative estimate of drug-likeness (QED) is 0.292. The molecule has 2 aliphatic carbocycles. The Kier molecular flexibility index (Phi) is 10.6. The van der Waals surface area contributed by atoms with Crippen LogP contribution in [0.4, 0.5) is 9.93 Å². The standard InChI is InChI=1S/C32H42N4O6S/c1-5-42-29(40)22-10-15-25-26(18-22)43-30(34-25)35-31(41)36(24-13-11-23(12-14-24)32(2,3)4)19-20-6-8-21(9-7-20)28(39)33-17-16-27(37)38/h6-10,15,22-24H,5,11-14,16-19H2,1-4H3,(H,33,39)(H,37,38)(H,34,35,41). The SMILES string of the molecule is CCOC(=O)C1C=Cc2nc(NC(=O)N(Cc3ccc(C(=O)NCCC(=O)O)cc3)C3CCC(C(C)(C)C)CC3)sc2C1. The number of hydrogen-bond acceptors (Lipinski definition) is 7. The van der Waals surface area contributed by atoms with Gasteiger partial charge >= 0.3 is 18.0 Å². The number of aliphatic carboxylic acids is 1. The van der Waals surface area contributed by atoms with Crippen LogP contribution in [0.2, 0.25) is 0 Å². The van der Waals surface area contributed by atoms with Gasteiger partial charge in [0.15, 0.2) is 5.13 Å². The van der Waals surface area contributed by atoms with E-state index in [1.165, 1.54) is 11.3 Å². The van der Waals surface area contributed by atoms with Crippen molar-refractivity contribution >= 4 is 46.4 Å². The van der Waals surface area contributed by atoms with Gasteiger partial charge in [-0.15, -0.1) is 11.3 Å². The molecule has 1 aromatic carbocycles. The van der Waals surface area contributed by atoms with Gasteiger partial charge < -0.3 is 20.1 Å². The van der Waals surface area contributed by atoms with Gasteiger partial charge in [0, 0.05) is 36.0 Å². The first-order chi connectivity index (χ1) is 20.4. The van der Waals surface area contributed by atoms with Gasteiger partial charge in [-0.2, -0.15) is 0 Å². The monoisotopic (exact) mass is 610 g/mol. The number of aromatic nitrogens is 1. The maximum atomic E-state index is 13.8. The molecule has 0 saturated heterocycles. The Labute approximate surface area is 256 Å². The molecule has 11 heteroatoms. The number of ether oxygens (including phenoxy) is 1. The molecule has 0 spiro atoms. The third-order valence-corrected chi connectivity index (χ3v) is 9.25. The maximum Gasteiger partial charge on any atom is 0.324 e. The fourth-order valence-electron chi connectivity index (χ4n) is 5.71. The van der Waals surface area contributed by atoms with E-state index in [-0.39, 0.29) is 48.2 Å². The molecule has 10 nitrogen and oxygen atoms in total. The summed E-state index contributed by atoms with van der Waals surface area (Å²) in [5.41, 5.74) is 2.29. The summed E-state index contributed by atoms with van der Waals surface area (Å²) >= 11 is 1.38. The first-order valence-electron chi connectivity index (χ1n) is 15.0. The highest BCUT2D eigenvalue weighted by Gasteiger charge is 2.34. The average molecular weight is 611 g/mol. The first kappa shape index (κ1) is 32.2. The summed E-state index contributed by atoms with van der Waals surface area (Å²) in [5.74, 6) is -1.33. The van der Waals surface area contributed by atoms with Crippen molar-refractivity contribution < 1.29 is 29.0 Å². The molecule has 0 bridgehead atoms. The topological polar surface area (TPSA) is 138 Å². The number of hydrogen-bond donors (Lipinski definition) is 3. The summed E-state index contributed by atoms with van der Waals surface area (Å²) in [5, 5.41) is 14.9. The summed E-state index contributed by atoms with van der Waals surface area (Å²) in [6.45, 7) is 9.35. The van der Waals surface area contributed by atoms with Crippen LogP contribution in [0, 0.1) is 17.3 Å². The second kappa shape index (κ2) is 14.2. The number of fused-ring (bicyclic) bond motifs is 1. The number of nitrogens with zero attached hydrogens (tertiary/aromatic N) is 2. The molecule has 1 unspecified atom stereocenters. The lowest BCUT2D eigenvalue weighted by molar-refractivity contribution is -0.146. The minimum absolute atomic E-state index is 0.0558. The summed E-state index contributed by atoms with van der Waals surface area (Å²) < 4.78 is 5.17. The Hall–Kier alpha value is -3.73. The zero-order chi connectivity index (χ0) is 31.1. The first-order valence-corrected chi connectivity index (χ1v) is 15.8. The van der Waals surface area contributed by atoms with Crippen LogP contribution in [0.15, 0.2) is 30.3 Å². The van der Waals surface area contributed by atoms with Crippen LogP contribution in [0.1, 0.15) is 86.3 Å². The molecule has 1 heterocycles. The van der Waals surface area contributed by atoms with Crippen molar-refractivity contribution in [3.63, 3.8) is 0 Å². The van der Waals surface area contributed by atoms with Crippen LogP contribution in [0.3, 0.4) is 0 Å². The molecule has 2 aromatic rings. The van der Waals surface area contributed by atoms with Gasteiger partial charge in [0.2, 0.25) is 0 Å². The van der Waals surface area contributed by atoms with Gasteiger partial charge in [-0.25, -0.2) is 9.78 Å². The van der Waals surface area contributed by atoms with E-state index in [1.54, 1.807) is 19.1 Å². The third-order valence-electron chi connectivity index (χ3n) is 8.24. The lowest BCUT2D eigenvalue weighted by Crippen LogP contribution is -2.45. The van der Waals surface area contributed by atoms with Crippen molar-refractivity contribution in [2.75, 3.05) is 18.5 Å². The molecule has 4 rings (SSSR count). The number of carbonyl (C=O) groups is 4. The van der Waals surface area contributed by atoms with E-state index >= 15 is 0 Å². The van der Waals surface area contributed by atoms with E-state index in [9.17, 15) is 19.2 Å². The Morgan fingerprint density at radius 3 is 2.42 bits per heavy atom. The van der Waals surface area contributed by atoms with Crippen LogP contribution in [-0.2, 0) is 27.3 Å². The Morgan fingerprint density at radius 1 is 1.09 bits per heavy atom. The highest BCUT2D eigenvalue weighted by Crippen LogP contribution is 2.39. The molecule has 1 saturated carbocycles. The molecule has 3 N–H and O–H groups in total. The number of urea groups is 1. The second-order valence-corrected chi connectivity index (χ2v) is 13.4. The molecule has 2 aliphatic rings. The van der Waals surface area contributed by atoms with Crippen LogP contribution in [-0.4, -0.2) is 58.1 Å². The van der Waals surface area contributed by atoms with E-state index in [4.69, 9.17) is 9.84 Å². The summed E-state index contributed by atoms with van der Waals surface area (Å²) in [6.07, 6.45) is 7.86. The van der Waals surface area contributed by atoms with E-state index in [2.05, 4.69) is 36.4 Å². The number of amides is 3. The number of rotatable bonds is 10. The van der Waals surface area contributed by atoms with Crippen molar-refractivity contribution in [3.05, 3.63) is 52.0 Å². The molecule has 1 fully saturated rings. The molecule has 1 aromatic heterocycles. The van der Waals surface area contributed by atoms with Crippen LogP contribution in [0.5, 0.6) is 0 Å². The number of esters is 1. The van der Waals surface area contributed by atoms with E-state index < -0.39 is 5.97 Å². The summed E-state index contributed by atoms with van der Waals surface area (Å²) in [6, 6.07) is 6.87. The van der Waals surface area contributed by atoms with Crippen LogP contribution >= 0.6 is 11.3 Å². The predicted octanol–water partition coefficient (Wildman–Crippen LogP) is 5.74. The zero-order valence-corrected chi connectivity index (χ0v) is 26.2. The zero-order valence-electron chi connectivity index (χ0n) is 25.4. The van der Waals surface area contributed by atoms with Gasteiger partial charge in [-0.05, 0) is 67.7 Å². The second-order valence-electron chi connectivity index (χ2n) is 12.3. The number of benzene rings is 1. The van der Waals surface area contributed by atoms with E-state index in [0.717, 1.165) is 41.8 Å². The number of carboxylic acids is 1. The van der Waals surface area contributed by atoms with Crippen molar-refractivity contribution in [1.29, 1.82) is 0 Å². The van der Waals surface area contributed by atoms with Crippen molar-refractivity contribution in [3.8, 4) is 0 Å². The van der Waals surface area contributed by atoms with E-state index in [1.807, 2.05) is 29.2 Å². The number of nitrogens with one attached hydrogen (secondary N) is 2. The van der Waals surface area contributed by atoms with Crippen LogP contribution in [0.25, 0.3) is 6.08 Å². The third kappa shape index (κ3) is 8.65. The molecule has 1 atom stereocenters. The number of anilines is 1. The molecule has 43 heavy (non-hydrogen) atoms. The highest BCUT2D eigenvalue weighted by atomic mass is 32.1. The largest absolute Gasteiger partial charge is 0.481 e. The van der Waals surface area contributed by atoms with Crippen molar-refractivity contribution in [1.82, 2.24) is 15.2 Å². The van der Waals surface area contributed by atoms with E-state index in [0.29, 0.717) is 36.2 Å². The molecule has 232 valence electrons. The van der Waals surface area contributed by atoms with Gasteiger partial charge in [-0.1, -0.05) is 39.0 Å². The minimum atomic E-state index is -0.971. The van der Waals surface area contributed by atoms with Gasteiger partial charge in [0.05, 0.1) is 24.6 Å². The van der Waals surface area contributed by atoms with Crippen LogP contribution < -0.4 is 10.6 Å². The summed E-state index contributed by atoms with van der Waals surface area (Å²) in [7, 11) is 0. The number of carboxylic acid groups (broad SMARTS) is 1. The number of thiazole rings is 1. The van der Waals surface area contributed by atoms with Gasteiger partial charge in [-0.3, -0.25) is 19.7 Å². The summed E-state index contributed by atoms with van der Waals surface area (Å²) in [4.78, 5) is 56.6. The lowest BCUT2D eigenvalue weighted by atomic mass is 9.71. The highest BCUT2D eigenvalue weighted by molar-refractivity contribution is 7.16. The Morgan fingerprint density at radius 2 is 1.79 bits per heavy atom. The molecular formula is C32H42N4O6S. The molecule has 0 aliphatic heterocycles. The lowest BCUT2D eigenvalue weighted by Gasteiger charge is -2.41. The number of carbonyl (C=O) groups excluding carboxylic acids is 3. The molecular weight excluding hydrogens is 568 g/mol. The Balaban J connectivity index is 1.46. The fraction of sp³-hybridized carbons (Fsp3) is 0.531. The smallest absolute Gasteiger partial charge is 0.324 e. The van der Waals surface area contributed by atoms with Crippen molar-refractivity contribution in [2.45, 2.75) is 78.8 Å². The predicted molar refractivity (Wildman–Crippen MR) is 166 cm³/mol. The average Bonchev–Trinajstić information content (AvgIpc) is 3.37. The fourth-order valence-corrected chi connectivity index (χ4v) is 6.70.